The van der Waals surface area contributed by atoms with Gasteiger partial charge in [-0.1, -0.05) is 60.8 Å². The van der Waals surface area contributed by atoms with E-state index in [1.54, 1.807) is 7.05 Å². The molecule has 178 valence electrons. The summed E-state index contributed by atoms with van der Waals surface area (Å²) >= 11 is -0.976. The average Bonchev–Trinajstić information content (AvgIpc) is 3.29. The maximum absolute atomic E-state index is 13.7. The SMILES string of the molecule is CN[C@@H](C)C(=O)N[C@H](C(=O)N1CCC[C@H]1C[S+]([O-])CCc1ccccc1)C1CCCCC1. The van der Waals surface area contributed by atoms with Crippen LogP contribution in [0.4, 0.5) is 0 Å². The second kappa shape index (κ2) is 12.6. The van der Waals surface area contributed by atoms with Gasteiger partial charge in [-0.15, -0.1) is 0 Å². The molecular weight excluding hydrogens is 422 g/mol. The summed E-state index contributed by atoms with van der Waals surface area (Å²) in [6.45, 7) is 2.51. The van der Waals surface area contributed by atoms with Gasteiger partial charge in [0.1, 0.15) is 17.5 Å². The molecular formula is C25H39N3O3S. The molecule has 2 amide bonds. The molecule has 32 heavy (non-hydrogen) atoms. The zero-order valence-electron chi connectivity index (χ0n) is 19.6. The Morgan fingerprint density at radius 1 is 1.12 bits per heavy atom. The number of hydrogen-bond donors (Lipinski definition) is 2. The minimum absolute atomic E-state index is 0.00354. The Morgan fingerprint density at radius 2 is 1.84 bits per heavy atom. The summed E-state index contributed by atoms with van der Waals surface area (Å²) in [5.74, 6) is 1.23. The number of amides is 2. The fourth-order valence-electron chi connectivity index (χ4n) is 4.91. The highest BCUT2D eigenvalue weighted by Gasteiger charge is 2.39. The maximum atomic E-state index is 13.7. The van der Waals surface area contributed by atoms with E-state index in [2.05, 4.69) is 22.8 Å². The average molecular weight is 462 g/mol. The van der Waals surface area contributed by atoms with Crippen LogP contribution in [0.25, 0.3) is 0 Å². The molecule has 7 heteroatoms. The molecule has 4 atom stereocenters. The molecule has 1 saturated heterocycles. The molecule has 1 aromatic carbocycles. The topological polar surface area (TPSA) is 84.5 Å². The van der Waals surface area contributed by atoms with Crippen molar-refractivity contribution < 1.29 is 14.1 Å². The summed E-state index contributed by atoms with van der Waals surface area (Å²) in [4.78, 5) is 28.2. The molecule has 2 fully saturated rings. The number of carbonyl (C=O) groups is 2. The number of likely N-dealkylation sites (tertiary alicyclic amines) is 1. The molecule has 0 aromatic heterocycles. The molecule has 1 aliphatic carbocycles. The number of aryl methyl sites for hydroxylation is 1. The molecule has 1 unspecified atom stereocenters. The lowest BCUT2D eigenvalue weighted by Crippen LogP contribution is -2.57. The molecule has 2 N–H and O–H groups in total. The van der Waals surface area contributed by atoms with Crippen LogP contribution in [0, 0.1) is 5.92 Å². The fourth-order valence-corrected chi connectivity index (χ4v) is 6.32. The number of likely N-dealkylation sites (N-methyl/N-ethyl adjacent to an activating group) is 1. The summed E-state index contributed by atoms with van der Waals surface area (Å²) in [5, 5.41) is 6.03. The van der Waals surface area contributed by atoms with Crippen LogP contribution in [0.1, 0.15) is 57.4 Å². The number of hydrogen-bond acceptors (Lipinski definition) is 4. The first-order chi connectivity index (χ1) is 15.5. The lowest BCUT2D eigenvalue weighted by molar-refractivity contribution is -0.139. The molecule has 2 aliphatic rings. The first-order valence-electron chi connectivity index (χ1n) is 12.2. The largest absolute Gasteiger partial charge is 0.616 e. The third-order valence-corrected chi connectivity index (χ3v) is 8.43. The number of rotatable bonds is 10. The zero-order chi connectivity index (χ0) is 22.9. The van der Waals surface area contributed by atoms with E-state index < -0.39 is 17.2 Å². The quantitative estimate of drug-likeness (QED) is 0.525. The third-order valence-electron chi connectivity index (χ3n) is 7.01. The number of nitrogens with zero attached hydrogens (tertiary/aromatic N) is 1. The Hall–Kier alpha value is -1.57. The van der Waals surface area contributed by atoms with Gasteiger partial charge in [0.2, 0.25) is 11.8 Å². The lowest BCUT2D eigenvalue weighted by Gasteiger charge is -2.35. The van der Waals surface area contributed by atoms with Gasteiger partial charge in [0.15, 0.2) is 0 Å². The predicted molar refractivity (Wildman–Crippen MR) is 130 cm³/mol. The molecule has 1 aromatic rings. The second-order valence-electron chi connectivity index (χ2n) is 9.27. The number of carbonyl (C=O) groups excluding carboxylic acids is 2. The Balaban J connectivity index is 1.62. The van der Waals surface area contributed by atoms with Crippen molar-refractivity contribution in [1.82, 2.24) is 15.5 Å². The van der Waals surface area contributed by atoms with Crippen LogP contribution in [0.3, 0.4) is 0 Å². The molecule has 1 aliphatic heterocycles. The summed E-state index contributed by atoms with van der Waals surface area (Å²) in [6.07, 6.45) is 7.99. The molecule has 1 heterocycles. The van der Waals surface area contributed by atoms with E-state index in [4.69, 9.17) is 0 Å². The Morgan fingerprint density at radius 3 is 2.53 bits per heavy atom. The van der Waals surface area contributed by atoms with Crippen LogP contribution in [0.15, 0.2) is 30.3 Å². The molecule has 0 bridgehead atoms. The van der Waals surface area contributed by atoms with Crippen molar-refractivity contribution in [3.63, 3.8) is 0 Å². The van der Waals surface area contributed by atoms with Gasteiger partial charge in [0, 0.05) is 13.0 Å². The second-order valence-corrected chi connectivity index (χ2v) is 10.9. The standard InChI is InChI=1S/C25H39N3O3S/c1-19(26-2)24(29)27-23(21-12-7-4-8-13-21)25(30)28-16-9-14-22(28)18-32(31)17-15-20-10-5-3-6-11-20/h3,5-6,10-11,19,21-23,26H,4,7-9,12-18H2,1-2H3,(H,27,29)/t19-,22-,23-,32?/m0/s1. The van der Waals surface area contributed by atoms with Crippen LogP contribution in [0.2, 0.25) is 0 Å². The molecule has 0 radical (unpaired) electrons. The normalized spacial score (nSPS) is 22.3. The summed E-state index contributed by atoms with van der Waals surface area (Å²) in [6, 6.07) is 9.31. The predicted octanol–water partition coefficient (Wildman–Crippen LogP) is 2.64. The van der Waals surface area contributed by atoms with Gasteiger partial charge in [0.05, 0.1) is 12.1 Å². The highest BCUT2D eigenvalue weighted by Crippen LogP contribution is 2.29. The Labute approximate surface area is 196 Å². The first kappa shape index (κ1) is 25.1. The zero-order valence-corrected chi connectivity index (χ0v) is 20.4. The minimum Gasteiger partial charge on any atom is -0.616 e. The van der Waals surface area contributed by atoms with E-state index in [9.17, 15) is 14.1 Å². The van der Waals surface area contributed by atoms with E-state index >= 15 is 0 Å². The summed E-state index contributed by atoms with van der Waals surface area (Å²) in [7, 11) is 1.75. The van der Waals surface area contributed by atoms with Gasteiger partial charge in [0.25, 0.3) is 0 Å². The third kappa shape index (κ3) is 6.96. The van der Waals surface area contributed by atoms with Crippen molar-refractivity contribution in [1.29, 1.82) is 0 Å². The maximum Gasteiger partial charge on any atom is 0.245 e. The van der Waals surface area contributed by atoms with E-state index in [0.29, 0.717) is 18.1 Å². The fraction of sp³-hybridized carbons (Fsp3) is 0.680. The number of nitrogens with one attached hydrogen (secondary N) is 2. The van der Waals surface area contributed by atoms with E-state index in [0.717, 1.165) is 44.9 Å². The van der Waals surface area contributed by atoms with Gasteiger partial charge in [-0.05, 0) is 51.1 Å². The van der Waals surface area contributed by atoms with Crippen molar-refractivity contribution in [3.8, 4) is 0 Å². The van der Waals surface area contributed by atoms with Crippen LogP contribution in [0.5, 0.6) is 0 Å². The Bertz CT molecular complexity index is 726. The smallest absolute Gasteiger partial charge is 0.245 e. The van der Waals surface area contributed by atoms with E-state index in [1.165, 1.54) is 12.0 Å². The lowest BCUT2D eigenvalue weighted by atomic mass is 9.83. The van der Waals surface area contributed by atoms with E-state index in [-0.39, 0.29) is 29.8 Å². The first-order valence-corrected chi connectivity index (χ1v) is 13.7. The monoisotopic (exact) mass is 461 g/mol. The van der Waals surface area contributed by atoms with Crippen molar-refractivity contribution in [2.45, 2.75) is 76.4 Å². The van der Waals surface area contributed by atoms with Crippen molar-refractivity contribution in [2.24, 2.45) is 5.92 Å². The molecule has 3 rings (SSSR count). The van der Waals surface area contributed by atoms with Gasteiger partial charge in [-0.3, -0.25) is 9.59 Å². The Kier molecular flexibility index (Phi) is 9.88. The highest BCUT2D eigenvalue weighted by molar-refractivity contribution is 7.91. The molecule has 0 spiro atoms. The van der Waals surface area contributed by atoms with Gasteiger partial charge >= 0.3 is 0 Å². The summed E-state index contributed by atoms with van der Waals surface area (Å²) < 4.78 is 12.8. The molecule has 6 nitrogen and oxygen atoms in total. The van der Waals surface area contributed by atoms with Gasteiger partial charge in [-0.2, -0.15) is 0 Å². The van der Waals surface area contributed by atoms with Crippen LogP contribution >= 0.6 is 0 Å². The van der Waals surface area contributed by atoms with Crippen LogP contribution in [-0.4, -0.2) is 64.5 Å². The van der Waals surface area contributed by atoms with Crippen LogP contribution in [-0.2, 0) is 27.2 Å². The summed E-state index contributed by atoms with van der Waals surface area (Å²) in [5.41, 5.74) is 1.19. The van der Waals surface area contributed by atoms with Gasteiger partial charge in [-0.25, -0.2) is 0 Å². The van der Waals surface area contributed by atoms with E-state index in [1.807, 2.05) is 30.0 Å². The molecule has 1 saturated carbocycles. The van der Waals surface area contributed by atoms with Crippen molar-refractivity contribution >= 4 is 23.0 Å². The van der Waals surface area contributed by atoms with Gasteiger partial charge < -0.3 is 20.1 Å². The highest BCUT2D eigenvalue weighted by atomic mass is 32.2. The van der Waals surface area contributed by atoms with Crippen molar-refractivity contribution in [3.05, 3.63) is 35.9 Å². The number of benzene rings is 1. The van der Waals surface area contributed by atoms with Crippen LogP contribution < -0.4 is 10.6 Å². The minimum atomic E-state index is -0.976. The van der Waals surface area contributed by atoms with Crippen molar-refractivity contribution in [2.75, 3.05) is 25.1 Å².